The van der Waals surface area contributed by atoms with E-state index in [1.807, 2.05) is 12.1 Å². The molecule has 1 rings (SSSR count). The zero-order chi connectivity index (χ0) is 13.5. The SMILES string of the molecule is Cc1cc(NC(=S)NCCCN(C)C)ccc1Br. The van der Waals surface area contributed by atoms with Gasteiger partial charge in [-0.25, -0.2) is 0 Å². The van der Waals surface area contributed by atoms with Crippen LogP contribution < -0.4 is 10.6 Å². The molecule has 0 spiro atoms. The maximum atomic E-state index is 5.24. The number of aryl methyl sites for hydroxylation is 1. The minimum atomic E-state index is 0.676. The number of benzene rings is 1. The summed E-state index contributed by atoms with van der Waals surface area (Å²) in [5, 5.41) is 7.06. The molecular formula is C13H20BrN3S. The number of nitrogens with zero attached hydrogens (tertiary/aromatic N) is 1. The Labute approximate surface area is 123 Å². The summed E-state index contributed by atoms with van der Waals surface area (Å²) >= 11 is 8.72. The van der Waals surface area contributed by atoms with Crippen molar-refractivity contribution in [3.05, 3.63) is 28.2 Å². The standard InChI is InChI=1S/C13H20BrN3S/c1-10-9-11(5-6-12(10)14)16-13(18)15-7-4-8-17(2)3/h5-6,9H,4,7-8H2,1-3H3,(H2,15,16,18). The van der Waals surface area contributed by atoms with Crippen molar-refractivity contribution < 1.29 is 0 Å². The molecule has 5 heteroatoms. The average Bonchev–Trinajstić information content (AvgIpc) is 2.29. The number of hydrogen-bond donors (Lipinski definition) is 2. The van der Waals surface area contributed by atoms with Gasteiger partial charge < -0.3 is 15.5 Å². The highest BCUT2D eigenvalue weighted by Gasteiger charge is 2.00. The topological polar surface area (TPSA) is 27.3 Å². The van der Waals surface area contributed by atoms with Gasteiger partial charge in [-0.3, -0.25) is 0 Å². The van der Waals surface area contributed by atoms with Crippen LogP contribution in [0, 0.1) is 6.92 Å². The Hall–Kier alpha value is -0.650. The Kier molecular flexibility index (Phi) is 6.60. The van der Waals surface area contributed by atoms with Crippen molar-refractivity contribution in [2.45, 2.75) is 13.3 Å². The van der Waals surface area contributed by atoms with Crippen LogP contribution in [0.2, 0.25) is 0 Å². The van der Waals surface area contributed by atoms with Crippen molar-refractivity contribution in [2.24, 2.45) is 0 Å². The summed E-state index contributed by atoms with van der Waals surface area (Å²) in [6.45, 7) is 4.01. The Bertz CT molecular complexity index is 407. The van der Waals surface area contributed by atoms with Gasteiger partial charge in [-0.05, 0) is 70.0 Å². The predicted octanol–water partition coefficient (Wildman–Crippen LogP) is 3.00. The molecule has 1 aromatic rings. The van der Waals surface area contributed by atoms with Crippen LogP contribution in [-0.4, -0.2) is 37.2 Å². The monoisotopic (exact) mass is 329 g/mol. The molecule has 0 aliphatic rings. The fraction of sp³-hybridized carbons (Fsp3) is 0.462. The fourth-order valence-electron chi connectivity index (χ4n) is 1.49. The number of rotatable bonds is 5. The number of nitrogens with one attached hydrogen (secondary N) is 2. The molecule has 100 valence electrons. The second-order valence-electron chi connectivity index (χ2n) is 4.50. The van der Waals surface area contributed by atoms with Crippen molar-refractivity contribution in [1.82, 2.24) is 10.2 Å². The van der Waals surface area contributed by atoms with Crippen molar-refractivity contribution in [3.8, 4) is 0 Å². The number of halogens is 1. The van der Waals surface area contributed by atoms with Crippen molar-refractivity contribution in [3.63, 3.8) is 0 Å². The molecule has 0 bridgehead atoms. The Morgan fingerprint density at radius 3 is 2.72 bits per heavy atom. The molecule has 0 saturated carbocycles. The van der Waals surface area contributed by atoms with E-state index in [4.69, 9.17) is 12.2 Å². The van der Waals surface area contributed by atoms with E-state index in [0.717, 1.165) is 29.7 Å². The molecule has 0 radical (unpaired) electrons. The first-order valence-electron chi connectivity index (χ1n) is 5.95. The van der Waals surface area contributed by atoms with Gasteiger partial charge in [-0.15, -0.1) is 0 Å². The second-order valence-corrected chi connectivity index (χ2v) is 5.76. The van der Waals surface area contributed by atoms with Gasteiger partial charge in [0, 0.05) is 16.7 Å². The smallest absolute Gasteiger partial charge is 0.170 e. The number of thiocarbonyl (C=S) groups is 1. The lowest BCUT2D eigenvalue weighted by Crippen LogP contribution is -2.30. The van der Waals surface area contributed by atoms with Gasteiger partial charge >= 0.3 is 0 Å². The van der Waals surface area contributed by atoms with Gasteiger partial charge in [-0.1, -0.05) is 15.9 Å². The molecule has 2 N–H and O–H groups in total. The fourth-order valence-corrected chi connectivity index (χ4v) is 1.96. The Balaban J connectivity index is 2.33. The van der Waals surface area contributed by atoms with Crippen LogP contribution >= 0.6 is 28.1 Å². The molecule has 0 heterocycles. The number of anilines is 1. The quantitative estimate of drug-likeness (QED) is 0.641. The van der Waals surface area contributed by atoms with Crippen LogP contribution in [-0.2, 0) is 0 Å². The highest BCUT2D eigenvalue weighted by atomic mass is 79.9. The summed E-state index contributed by atoms with van der Waals surface area (Å²) in [5.41, 5.74) is 2.20. The highest BCUT2D eigenvalue weighted by molar-refractivity contribution is 9.10. The molecule has 1 aromatic carbocycles. The van der Waals surface area contributed by atoms with E-state index in [0.29, 0.717) is 5.11 Å². The minimum absolute atomic E-state index is 0.676. The second kappa shape index (κ2) is 7.71. The molecule has 0 fully saturated rings. The van der Waals surface area contributed by atoms with Crippen LogP contribution in [0.5, 0.6) is 0 Å². The molecular weight excluding hydrogens is 310 g/mol. The van der Waals surface area contributed by atoms with Crippen molar-refractivity contribution >= 4 is 38.9 Å². The first-order valence-corrected chi connectivity index (χ1v) is 7.15. The first kappa shape index (κ1) is 15.4. The van der Waals surface area contributed by atoms with E-state index in [-0.39, 0.29) is 0 Å². The largest absolute Gasteiger partial charge is 0.362 e. The molecule has 0 unspecified atom stereocenters. The van der Waals surface area contributed by atoms with Crippen molar-refractivity contribution in [1.29, 1.82) is 0 Å². The lowest BCUT2D eigenvalue weighted by atomic mass is 10.2. The molecule has 0 amide bonds. The molecule has 0 saturated heterocycles. The summed E-state index contributed by atoms with van der Waals surface area (Å²) in [6.07, 6.45) is 1.08. The maximum absolute atomic E-state index is 5.24. The van der Waals surface area contributed by atoms with E-state index in [9.17, 15) is 0 Å². The molecule has 0 aliphatic heterocycles. The third-order valence-electron chi connectivity index (χ3n) is 2.48. The normalized spacial score (nSPS) is 10.5. The summed E-state index contributed by atoms with van der Waals surface area (Å²) in [6, 6.07) is 6.09. The summed E-state index contributed by atoms with van der Waals surface area (Å²) in [4.78, 5) is 2.16. The maximum Gasteiger partial charge on any atom is 0.170 e. The van der Waals surface area contributed by atoms with E-state index >= 15 is 0 Å². The molecule has 0 atom stereocenters. The third-order valence-corrected chi connectivity index (χ3v) is 3.62. The van der Waals surface area contributed by atoms with Crippen LogP contribution in [0.15, 0.2) is 22.7 Å². The van der Waals surface area contributed by atoms with Gasteiger partial charge in [0.05, 0.1) is 0 Å². The third kappa shape index (κ3) is 5.80. The van der Waals surface area contributed by atoms with Gasteiger partial charge in [0.15, 0.2) is 5.11 Å². The van der Waals surface area contributed by atoms with E-state index in [1.54, 1.807) is 0 Å². The lowest BCUT2D eigenvalue weighted by Gasteiger charge is -2.13. The van der Waals surface area contributed by atoms with Crippen LogP contribution in [0.4, 0.5) is 5.69 Å². The summed E-state index contributed by atoms with van der Waals surface area (Å²) < 4.78 is 1.11. The van der Waals surface area contributed by atoms with Crippen LogP contribution in [0.25, 0.3) is 0 Å². The van der Waals surface area contributed by atoms with Crippen LogP contribution in [0.3, 0.4) is 0 Å². The van der Waals surface area contributed by atoms with Gasteiger partial charge in [0.25, 0.3) is 0 Å². The van der Waals surface area contributed by atoms with Crippen molar-refractivity contribution in [2.75, 3.05) is 32.5 Å². The minimum Gasteiger partial charge on any atom is -0.362 e. The molecule has 0 aliphatic carbocycles. The molecule has 0 aromatic heterocycles. The van der Waals surface area contributed by atoms with Gasteiger partial charge in [-0.2, -0.15) is 0 Å². The Morgan fingerprint density at radius 2 is 2.11 bits per heavy atom. The van der Waals surface area contributed by atoms with E-state index in [1.165, 1.54) is 5.56 Å². The highest BCUT2D eigenvalue weighted by Crippen LogP contribution is 2.19. The summed E-state index contributed by atoms with van der Waals surface area (Å²) in [7, 11) is 4.14. The van der Waals surface area contributed by atoms with Gasteiger partial charge in [0.2, 0.25) is 0 Å². The lowest BCUT2D eigenvalue weighted by molar-refractivity contribution is 0.400. The average molecular weight is 330 g/mol. The zero-order valence-electron chi connectivity index (χ0n) is 11.1. The van der Waals surface area contributed by atoms with E-state index in [2.05, 4.69) is 58.5 Å². The van der Waals surface area contributed by atoms with Gasteiger partial charge in [0.1, 0.15) is 0 Å². The van der Waals surface area contributed by atoms with E-state index < -0.39 is 0 Å². The Morgan fingerprint density at radius 1 is 1.39 bits per heavy atom. The molecule has 18 heavy (non-hydrogen) atoms. The predicted molar refractivity (Wildman–Crippen MR) is 86.3 cm³/mol. The summed E-state index contributed by atoms with van der Waals surface area (Å²) in [5.74, 6) is 0. The number of hydrogen-bond acceptors (Lipinski definition) is 2. The zero-order valence-corrected chi connectivity index (χ0v) is 13.5. The molecule has 3 nitrogen and oxygen atoms in total. The van der Waals surface area contributed by atoms with Crippen LogP contribution in [0.1, 0.15) is 12.0 Å². The first-order chi connectivity index (χ1) is 8.49.